The summed E-state index contributed by atoms with van der Waals surface area (Å²) in [6, 6.07) is 3.50. The molecule has 0 saturated heterocycles. The number of amides is 2. The van der Waals surface area contributed by atoms with Crippen molar-refractivity contribution in [2.45, 2.75) is 38.4 Å². The van der Waals surface area contributed by atoms with Crippen molar-refractivity contribution in [1.29, 1.82) is 0 Å². The molecule has 2 heterocycles. The second-order valence-electron chi connectivity index (χ2n) is 5.82. The van der Waals surface area contributed by atoms with Crippen molar-refractivity contribution in [2.24, 2.45) is 0 Å². The molecule has 7 heteroatoms. The molecule has 1 atom stereocenters. The first-order valence-corrected chi connectivity index (χ1v) is 7.88. The summed E-state index contributed by atoms with van der Waals surface area (Å²) in [5.41, 5.74) is 2.17. The molecule has 0 aliphatic heterocycles. The molecule has 1 aliphatic carbocycles. The van der Waals surface area contributed by atoms with Gasteiger partial charge >= 0.3 is 6.03 Å². The zero-order valence-corrected chi connectivity index (χ0v) is 13.2. The predicted octanol–water partition coefficient (Wildman–Crippen LogP) is 1.69. The number of nitrogens with one attached hydrogen (secondary N) is 1. The van der Waals surface area contributed by atoms with Crippen LogP contribution in [0.1, 0.15) is 35.9 Å². The number of carbonyl (C=O) groups excluding carboxylic acids is 1. The molecule has 1 aliphatic rings. The number of fused-ring (bicyclic) bond motifs is 1. The largest absolute Gasteiger partial charge is 0.467 e. The van der Waals surface area contributed by atoms with E-state index < -0.39 is 0 Å². The zero-order valence-electron chi connectivity index (χ0n) is 13.2. The van der Waals surface area contributed by atoms with Gasteiger partial charge in [0.05, 0.1) is 38.2 Å². The zero-order chi connectivity index (χ0) is 16.2. The first-order valence-electron chi connectivity index (χ1n) is 7.88. The van der Waals surface area contributed by atoms with Crippen LogP contribution in [0.5, 0.6) is 0 Å². The number of urea groups is 1. The first-order chi connectivity index (χ1) is 11.2. The number of aliphatic hydroxyl groups excluding tert-OH is 1. The number of aromatic nitrogens is 2. The second kappa shape index (κ2) is 6.87. The minimum atomic E-state index is -0.130. The summed E-state index contributed by atoms with van der Waals surface area (Å²) in [6.07, 6.45) is 6.24. The van der Waals surface area contributed by atoms with E-state index >= 15 is 0 Å². The van der Waals surface area contributed by atoms with E-state index in [1.807, 2.05) is 23.0 Å². The average Bonchev–Trinajstić information content (AvgIpc) is 3.18. The van der Waals surface area contributed by atoms with Crippen molar-refractivity contribution < 1.29 is 14.3 Å². The lowest BCUT2D eigenvalue weighted by Gasteiger charge is -2.26. The van der Waals surface area contributed by atoms with Crippen molar-refractivity contribution in [3.63, 3.8) is 0 Å². The lowest BCUT2D eigenvalue weighted by Crippen LogP contribution is -2.39. The van der Waals surface area contributed by atoms with Crippen molar-refractivity contribution in [1.82, 2.24) is 20.0 Å². The molecule has 2 N–H and O–H groups in total. The van der Waals surface area contributed by atoms with E-state index in [-0.39, 0.29) is 18.7 Å². The molecule has 0 aromatic carbocycles. The van der Waals surface area contributed by atoms with Gasteiger partial charge in [0.2, 0.25) is 0 Å². The van der Waals surface area contributed by atoms with Crippen LogP contribution >= 0.6 is 0 Å². The summed E-state index contributed by atoms with van der Waals surface area (Å²) in [6.45, 7) is 0.994. The van der Waals surface area contributed by atoms with Gasteiger partial charge in [0.1, 0.15) is 5.76 Å². The molecular weight excluding hydrogens is 296 g/mol. The maximum Gasteiger partial charge on any atom is 0.318 e. The Kier molecular flexibility index (Phi) is 4.66. The number of hydrogen-bond acceptors (Lipinski definition) is 4. The van der Waals surface area contributed by atoms with E-state index in [2.05, 4.69) is 10.4 Å². The highest BCUT2D eigenvalue weighted by Crippen LogP contribution is 2.29. The van der Waals surface area contributed by atoms with E-state index in [0.717, 1.165) is 36.3 Å². The quantitative estimate of drug-likeness (QED) is 0.879. The number of hydrogen-bond donors (Lipinski definition) is 2. The van der Waals surface area contributed by atoms with Crippen molar-refractivity contribution in [2.75, 3.05) is 13.7 Å². The molecule has 2 aromatic rings. The standard InChI is InChI=1S/C16H22N4O3/c1-19(11-12-4-3-9-23-12)16(22)18-14-5-2-6-15-13(14)10-17-20(15)7-8-21/h3-4,9-10,14,21H,2,5-8,11H2,1H3,(H,18,22)/t14-/m1/s1. The molecule has 0 bridgehead atoms. The summed E-state index contributed by atoms with van der Waals surface area (Å²) >= 11 is 0. The SMILES string of the molecule is CN(Cc1ccco1)C(=O)N[C@@H]1CCCc2c1cnn2CCO. The Balaban J connectivity index is 1.65. The van der Waals surface area contributed by atoms with Crippen LogP contribution in [0.4, 0.5) is 4.79 Å². The normalized spacial score (nSPS) is 16.9. The summed E-state index contributed by atoms with van der Waals surface area (Å²) < 4.78 is 7.11. The Hall–Kier alpha value is -2.28. The van der Waals surface area contributed by atoms with Crippen LogP contribution in [0.25, 0.3) is 0 Å². The number of nitrogens with zero attached hydrogens (tertiary/aromatic N) is 3. The van der Waals surface area contributed by atoms with Gasteiger partial charge in [-0.3, -0.25) is 4.68 Å². The maximum absolute atomic E-state index is 12.4. The molecule has 124 valence electrons. The highest BCUT2D eigenvalue weighted by atomic mass is 16.3. The molecule has 2 amide bonds. The van der Waals surface area contributed by atoms with E-state index in [4.69, 9.17) is 9.52 Å². The van der Waals surface area contributed by atoms with Crippen LogP contribution in [0, 0.1) is 0 Å². The fourth-order valence-corrected chi connectivity index (χ4v) is 3.02. The van der Waals surface area contributed by atoms with E-state index in [1.165, 1.54) is 0 Å². The number of aliphatic hydroxyl groups is 1. The van der Waals surface area contributed by atoms with Gasteiger partial charge in [0, 0.05) is 18.3 Å². The Bertz CT molecular complexity index is 650. The maximum atomic E-state index is 12.4. The summed E-state index contributed by atoms with van der Waals surface area (Å²) in [5, 5.41) is 16.5. The molecule has 0 spiro atoms. The van der Waals surface area contributed by atoms with Crippen LogP contribution in [0.15, 0.2) is 29.0 Å². The molecule has 0 fully saturated rings. The Labute approximate surface area is 134 Å². The number of carbonyl (C=O) groups is 1. The lowest BCUT2D eigenvalue weighted by molar-refractivity contribution is 0.197. The summed E-state index contributed by atoms with van der Waals surface area (Å²) in [7, 11) is 1.75. The first kappa shape index (κ1) is 15.6. The average molecular weight is 318 g/mol. The molecule has 2 aromatic heterocycles. The molecule has 0 unspecified atom stereocenters. The number of rotatable bonds is 5. The van der Waals surface area contributed by atoms with Crippen LogP contribution in [-0.4, -0.2) is 39.5 Å². The highest BCUT2D eigenvalue weighted by molar-refractivity contribution is 5.74. The highest BCUT2D eigenvalue weighted by Gasteiger charge is 2.26. The minimum Gasteiger partial charge on any atom is -0.467 e. The fourth-order valence-electron chi connectivity index (χ4n) is 3.02. The molecular formula is C16H22N4O3. The van der Waals surface area contributed by atoms with Crippen molar-refractivity contribution in [3.8, 4) is 0 Å². The van der Waals surface area contributed by atoms with E-state index in [1.54, 1.807) is 18.2 Å². The number of furan rings is 1. The van der Waals surface area contributed by atoms with Gasteiger partial charge in [-0.2, -0.15) is 5.10 Å². The van der Waals surface area contributed by atoms with Crippen LogP contribution < -0.4 is 5.32 Å². The van der Waals surface area contributed by atoms with Gasteiger partial charge in [-0.1, -0.05) is 0 Å². The van der Waals surface area contributed by atoms with Crippen LogP contribution in [0.2, 0.25) is 0 Å². The molecule has 7 nitrogen and oxygen atoms in total. The minimum absolute atomic E-state index is 0.0299. The van der Waals surface area contributed by atoms with Gasteiger partial charge in [0.15, 0.2) is 0 Å². The van der Waals surface area contributed by atoms with Crippen molar-refractivity contribution in [3.05, 3.63) is 41.6 Å². The second-order valence-corrected chi connectivity index (χ2v) is 5.82. The van der Waals surface area contributed by atoms with Crippen LogP contribution in [0.3, 0.4) is 0 Å². The Morgan fingerprint density at radius 1 is 1.61 bits per heavy atom. The fraction of sp³-hybridized carbons (Fsp3) is 0.500. The third-order valence-corrected chi connectivity index (χ3v) is 4.19. The molecule has 0 saturated carbocycles. The van der Waals surface area contributed by atoms with Gasteiger partial charge in [-0.25, -0.2) is 4.79 Å². The van der Waals surface area contributed by atoms with Gasteiger partial charge < -0.3 is 19.7 Å². The Morgan fingerprint density at radius 3 is 3.22 bits per heavy atom. The summed E-state index contributed by atoms with van der Waals surface area (Å²) in [5.74, 6) is 0.753. The van der Waals surface area contributed by atoms with Gasteiger partial charge in [-0.05, 0) is 31.4 Å². The van der Waals surface area contributed by atoms with Crippen molar-refractivity contribution >= 4 is 6.03 Å². The van der Waals surface area contributed by atoms with E-state index in [0.29, 0.717) is 13.1 Å². The summed E-state index contributed by atoms with van der Waals surface area (Å²) in [4.78, 5) is 14.0. The third-order valence-electron chi connectivity index (χ3n) is 4.19. The monoisotopic (exact) mass is 318 g/mol. The molecule has 0 radical (unpaired) electrons. The molecule has 3 rings (SSSR count). The topological polar surface area (TPSA) is 83.5 Å². The Morgan fingerprint density at radius 2 is 2.48 bits per heavy atom. The van der Waals surface area contributed by atoms with Gasteiger partial charge in [-0.15, -0.1) is 0 Å². The van der Waals surface area contributed by atoms with Crippen LogP contribution in [-0.2, 0) is 19.5 Å². The molecule has 23 heavy (non-hydrogen) atoms. The van der Waals surface area contributed by atoms with Gasteiger partial charge in [0.25, 0.3) is 0 Å². The predicted molar refractivity (Wildman–Crippen MR) is 83.7 cm³/mol. The lowest BCUT2D eigenvalue weighted by atomic mass is 9.93. The van der Waals surface area contributed by atoms with E-state index in [9.17, 15) is 4.79 Å². The third kappa shape index (κ3) is 3.39. The smallest absolute Gasteiger partial charge is 0.318 e.